The Bertz CT molecular complexity index is 522. The molecule has 1 aromatic rings. The summed E-state index contributed by atoms with van der Waals surface area (Å²) >= 11 is 6.02. The second-order valence-corrected chi connectivity index (χ2v) is 7.11. The summed E-state index contributed by atoms with van der Waals surface area (Å²) in [6.45, 7) is 6.89. The molecule has 0 N–H and O–H groups in total. The molecule has 2 aliphatic rings. The van der Waals surface area contributed by atoms with Crippen molar-refractivity contribution in [3.05, 3.63) is 34.9 Å². The third-order valence-corrected chi connectivity index (χ3v) is 5.24. The highest BCUT2D eigenvalue weighted by molar-refractivity contribution is 6.30. The number of rotatable bonds is 5. The van der Waals surface area contributed by atoms with Crippen molar-refractivity contribution in [3.63, 3.8) is 0 Å². The second kappa shape index (κ2) is 7.01. The Balaban J connectivity index is 1.42. The molecule has 1 saturated heterocycles. The molecule has 0 radical (unpaired) electrons. The molecule has 4 heteroatoms. The molecule has 1 amide bonds. The predicted octanol–water partition coefficient (Wildman–Crippen LogP) is 3.07. The van der Waals surface area contributed by atoms with E-state index in [2.05, 4.69) is 22.8 Å². The summed E-state index contributed by atoms with van der Waals surface area (Å²) in [5.41, 5.74) is 1.29. The number of carbonyl (C=O) groups excluding carboxylic acids is 1. The summed E-state index contributed by atoms with van der Waals surface area (Å²) in [6, 6.07) is 8.09. The average molecular weight is 321 g/mol. The van der Waals surface area contributed by atoms with Crippen LogP contribution in [-0.4, -0.2) is 48.4 Å². The Morgan fingerprint density at radius 3 is 2.64 bits per heavy atom. The fourth-order valence-corrected chi connectivity index (χ4v) is 3.47. The zero-order valence-corrected chi connectivity index (χ0v) is 14.1. The average Bonchev–Trinajstić information content (AvgIpc) is 3.37. The summed E-state index contributed by atoms with van der Waals surface area (Å²) < 4.78 is 0. The predicted molar refractivity (Wildman–Crippen MR) is 90.1 cm³/mol. The van der Waals surface area contributed by atoms with Crippen molar-refractivity contribution in [1.29, 1.82) is 0 Å². The van der Waals surface area contributed by atoms with Crippen LogP contribution in [0.2, 0.25) is 5.02 Å². The topological polar surface area (TPSA) is 23.6 Å². The van der Waals surface area contributed by atoms with Gasteiger partial charge in [-0.25, -0.2) is 0 Å². The summed E-state index contributed by atoms with van der Waals surface area (Å²) in [4.78, 5) is 16.9. The van der Waals surface area contributed by atoms with Crippen molar-refractivity contribution in [2.24, 2.45) is 11.8 Å². The van der Waals surface area contributed by atoms with Crippen LogP contribution in [-0.2, 0) is 11.2 Å². The van der Waals surface area contributed by atoms with Gasteiger partial charge in [0.25, 0.3) is 0 Å². The molecule has 3 nitrogen and oxygen atoms in total. The minimum Gasteiger partial charge on any atom is -0.340 e. The van der Waals surface area contributed by atoms with Crippen molar-refractivity contribution >= 4 is 17.5 Å². The molecule has 1 saturated carbocycles. The molecule has 1 aliphatic carbocycles. The molecule has 1 aliphatic heterocycles. The van der Waals surface area contributed by atoms with Crippen LogP contribution in [0.15, 0.2) is 24.3 Å². The first-order chi connectivity index (χ1) is 10.6. The van der Waals surface area contributed by atoms with E-state index in [1.165, 1.54) is 18.4 Å². The van der Waals surface area contributed by atoms with Gasteiger partial charge < -0.3 is 4.90 Å². The van der Waals surface area contributed by atoms with Crippen LogP contribution >= 0.6 is 11.6 Å². The Morgan fingerprint density at radius 2 is 2.00 bits per heavy atom. The highest BCUT2D eigenvalue weighted by atomic mass is 35.5. The fourth-order valence-electron chi connectivity index (χ4n) is 3.26. The van der Waals surface area contributed by atoms with Crippen molar-refractivity contribution in [2.75, 3.05) is 32.7 Å². The van der Waals surface area contributed by atoms with Gasteiger partial charge in [-0.1, -0.05) is 30.7 Å². The summed E-state index contributed by atoms with van der Waals surface area (Å²) in [6.07, 6.45) is 3.51. The van der Waals surface area contributed by atoms with Gasteiger partial charge in [-0.05, 0) is 42.9 Å². The molecule has 2 fully saturated rings. The van der Waals surface area contributed by atoms with Crippen LogP contribution in [0.1, 0.15) is 25.3 Å². The normalized spacial score (nSPS) is 20.9. The highest BCUT2D eigenvalue weighted by Crippen LogP contribution is 2.37. The number of hydrogen-bond donors (Lipinski definition) is 0. The van der Waals surface area contributed by atoms with Crippen LogP contribution < -0.4 is 0 Å². The van der Waals surface area contributed by atoms with Crippen LogP contribution in [0, 0.1) is 11.8 Å². The molecule has 1 heterocycles. The highest BCUT2D eigenvalue weighted by Gasteiger charge is 2.35. The largest absolute Gasteiger partial charge is 0.340 e. The Morgan fingerprint density at radius 1 is 1.27 bits per heavy atom. The summed E-state index contributed by atoms with van der Waals surface area (Å²) in [7, 11) is 0. The molecule has 1 unspecified atom stereocenters. The monoisotopic (exact) mass is 320 g/mol. The maximum atomic E-state index is 12.4. The SMILES string of the molecule is CC(C(=O)N1CCN(CCc2cccc(Cl)c2)CC1)C1CC1. The Hall–Kier alpha value is -1.06. The maximum Gasteiger partial charge on any atom is 0.225 e. The molecule has 1 atom stereocenters. The molecule has 22 heavy (non-hydrogen) atoms. The van der Waals surface area contributed by atoms with Gasteiger partial charge in [0, 0.05) is 43.7 Å². The van der Waals surface area contributed by atoms with Crippen molar-refractivity contribution in [1.82, 2.24) is 9.80 Å². The van der Waals surface area contributed by atoms with Gasteiger partial charge in [0.2, 0.25) is 5.91 Å². The Kier molecular flexibility index (Phi) is 5.04. The van der Waals surface area contributed by atoms with E-state index in [1.807, 2.05) is 18.2 Å². The van der Waals surface area contributed by atoms with Crippen molar-refractivity contribution in [2.45, 2.75) is 26.2 Å². The minimum atomic E-state index is 0.234. The molecule has 0 bridgehead atoms. The van der Waals surface area contributed by atoms with Crippen LogP contribution in [0.25, 0.3) is 0 Å². The maximum absolute atomic E-state index is 12.4. The lowest BCUT2D eigenvalue weighted by atomic mass is 10.0. The lowest BCUT2D eigenvalue weighted by molar-refractivity contribution is -0.137. The van der Waals surface area contributed by atoms with E-state index >= 15 is 0 Å². The van der Waals surface area contributed by atoms with E-state index in [-0.39, 0.29) is 5.92 Å². The van der Waals surface area contributed by atoms with Gasteiger partial charge in [-0.15, -0.1) is 0 Å². The molecule has 3 rings (SSSR count). The number of benzene rings is 1. The van der Waals surface area contributed by atoms with Gasteiger partial charge in [-0.2, -0.15) is 0 Å². The number of piperazine rings is 1. The zero-order valence-electron chi connectivity index (χ0n) is 13.3. The third-order valence-electron chi connectivity index (χ3n) is 5.01. The quantitative estimate of drug-likeness (QED) is 0.832. The van der Waals surface area contributed by atoms with E-state index in [4.69, 9.17) is 11.6 Å². The number of hydrogen-bond acceptors (Lipinski definition) is 2. The van der Waals surface area contributed by atoms with Crippen LogP contribution in [0.3, 0.4) is 0 Å². The summed E-state index contributed by atoms with van der Waals surface area (Å²) in [5, 5.41) is 0.807. The van der Waals surface area contributed by atoms with Gasteiger partial charge in [-0.3, -0.25) is 9.69 Å². The fraction of sp³-hybridized carbons (Fsp3) is 0.611. The molecule has 120 valence electrons. The van der Waals surface area contributed by atoms with E-state index in [0.717, 1.165) is 44.2 Å². The molecular formula is C18H25ClN2O. The Labute approximate surface area is 138 Å². The van der Waals surface area contributed by atoms with E-state index in [1.54, 1.807) is 0 Å². The van der Waals surface area contributed by atoms with Gasteiger partial charge in [0.05, 0.1) is 0 Å². The van der Waals surface area contributed by atoms with Gasteiger partial charge in [0.1, 0.15) is 0 Å². The van der Waals surface area contributed by atoms with E-state index in [9.17, 15) is 4.79 Å². The first kappa shape index (κ1) is 15.8. The number of halogens is 1. The lowest BCUT2D eigenvalue weighted by Gasteiger charge is -2.36. The molecule has 0 spiro atoms. The van der Waals surface area contributed by atoms with Gasteiger partial charge >= 0.3 is 0 Å². The summed E-state index contributed by atoms with van der Waals surface area (Å²) in [5.74, 6) is 1.27. The number of carbonyl (C=O) groups is 1. The van der Waals surface area contributed by atoms with E-state index in [0.29, 0.717) is 11.8 Å². The van der Waals surface area contributed by atoms with Crippen molar-refractivity contribution < 1.29 is 4.79 Å². The minimum absolute atomic E-state index is 0.234. The smallest absolute Gasteiger partial charge is 0.225 e. The molecule has 0 aromatic heterocycles. The van der Waals surface area contributed by atoms with Crippen molar-refractivity contribution in [3.8, 4) is 0 Å². The van der Waals surface area contributed by atoms with Crippen LogP contribution in [0.4, 0.5) is 0 Å². The standard InChI is InChI=1S/C18H25ClN2O/c1-14(16-5-6-16)18(22)21-11-9-20(10-12-21)8-7-15-3-2-4-17(19)13-15/h2-4,13-14,16H,5-12H2,1H3. The van der Waals surface area contributed by atoms with E-state index < -0.39 is 0 Å². The van der Waals surface area contributed by atoms with Gasteiger partial charge in [0.15, 0.2) is 0 Å². The number of nitrogens with zero attached hydrogens (tertiary/aromatic N) is 2. The first-order valence-electron chi connectivity index (χ1n) is 8.39. The number of amides is 1. The third kappa shape index (κ3) is 4.02. The zero-order chi connectivity index (χ0) is 15.5. The molecular weight excluding hydrogens is 296 g/mol. The lowest BCUT2D eigenvalue weighted by Crippen LogP contribution is -2.50. The molecule has 1 aromatic carbocycles. The second-order valence-electron chi connectivity index (χ2n) is 6.67. The first-order valence-corrected chi connectivity index (χ1v) is 8.77. The van der Waals surface area contributed by atoms with Crippen LogP contribution in [0.5, 0.6) is 0 Å².